The van der Waals surface area contributed by atoms with E-state index in [2.05, 4.69) is 36.1 Å². The first kappa shape index (κ1) is 18.8. The third-order valence-corrected chi connectivity index (χ3v) is 5.99. The second-order valence-corrected chi connectivity index (χ2v) is 8.89. The number of fused-ring (bicyclic) bond motifs is 1. The Morgan fingerprint density at radius 3 is 2.58 bits per heavy atom. The lowest BCUT2D eigenvalue weighted by atomic mass is 10.2. The number of pyridine rings is 1. The first-order chi connectivity index (χ1) is 12.0. The average molecular weight is 446 g/mol. The maximum absolute atomic E-state index is 13.5. The fourth-order valence-corrected chi connectivity index (χ4v) is 3.93. The number of sulfone groups is 1. The molecule has 0 N–H and O–H groups in total. The van der Waals surface area contributed by atoms with E-state index in [9.17, 15) is 17.2 Å². The van der Waals surface area contributed by atoms with Gasteiger partial charge in [-0.3, -0.25) is 4.98 Å². The van der Waals surface area contributed by atoms with Crippen LogP contribution in [0.25, 0.3) is 22.7 Å². The molecule has 26 heavy (non-hydrogen) atoms. The normalized spacial score (nSPS) is 12.7. The highest BCUT2D eigenvalue weighted by Gasteiger charge is 2.29. The van der Waals surface area contributed by atoms with Gasteiger partial charge in [-0.2, -0.15) is 8.78 Å². The van der Waals surface area contributed by atoms with Crippen molar-refractivity contribution in [2.45, 2.75) is 24.7 Å². The molecule has 0 fully saturated rings. The minimum atomic E-state index is -3.59. The maximum atomic E-state index is 13.5. The zero-order valence-electron chi connectivity index (χ0n) is 14.0. The van der Waals surface area contributed by atoms with E-state index < -0.39 is 21.5 Å². The summed E-state index contributed by atoms with van der Waals surface area (Å²) in [6.07, 6.45) is 1.45. The van der Waals surface area contributed by atoms with Crippen molar-refractivity contribution >= 4 is 36.9 Å². The smallest absolute Gasteiger partial charge is 0.288 e. The van der Waals surface area contributed by atoms with Crippen LogP contribution in [-0.2, 0) is 22.8 Å². The summed E-state index contributed by atoms with van der Waals surface area (Å²) in [5.41, 5.74) is 0.0383. The molecule has 11 heteroatoms. The highest BCUT2D eigenvalue weighted by Crippen LogP contribution is 2.31. The summed E-state index contributed by atoms with van der Waals surface area (Å²) in [7, 11) is -1.99. The number of imidazole rings is 1. The molecule has 0 aliphatic rings. The number of nitrogens with zero attached hydrogens (tertiary/aromatic N) is 5. The fourth-order valence-electron chi connectivity index (χ4n) is 2.39. The quantitative estimate of drug-likeness (QED) is 0.612. The van der Waals surface area contributed by atoms with E-state index in [1.54, 1.807) is 7.05 Å². The summed E-state index contributed by atoms with van der Waals surface area (Å²) >= 11 is 3.22. The van der Waals surface area contributed by atoms with Crippen molar-refractivity contribution in [3.05, 3.63) is 28.5 Å². The lowest BCUT2D eigenvalue weighted by molar-refractivity contribution is 0.0120. The molecule has 7 nitrogen and oxygen atoms in total. The molecule has 0 atom stereocenters. The maximum Gasteiger partial charge on any atom is 0.288 e. The first-order valence-electron chi connectivity index (χ1n) is 7.51. The highest BCUT2D eigenvalue weighted by molar-refractivity contribution is 9.10. The van der Waals surface area contributed by atoms with E-state index in [1.807, 2.05) is 0 Å². The fraction of sp³-hybridized carbons (Fsp3) is 0.333. The SMILES string of the molecule is CCS(=O)(=O)c1cc(Br)cnc1-c1nc2cc(C(C)(F)F)nnc2n1C. The lowest BCUT2D eigenvalue weighted by Gasteiger charge is -2.09. The Balaban J connectivity index is 2.29. The molecule has 0 radical (unpaired) electrons. The molecule has 3 aromatic heterocycles. The number of hydrogen-bond donors (Lipinski definition) is 0. The molecule has 138 valence electrons. The summed E-state index contributed by atoms with van der Waals surface area (Å²) in [5, 5.41) is 7.35. The molecule has 0 aliphatic carbocycles. The van der Waals surface area contributed by atoms with E-state index in [0.29, 0.717) is 4.47 Å². The van der Waals surface area contributed by atoms with Gasteiger partial charge in [0.1, 0.15) is 16.9 Å². The van der Waals surface area contributed by atoms with Crippen LogP contribution in [0.2, 0.25) is 0 Å². The standard InChI is InChI=1S/C15H14BrF2N5O2S/c1-4-26(24,25)10-5-8(16)7-19-12(10)14-20-9-6-11(15(2,17)18)21-22-13(9)23(14)3/h5-7H,4H2,1-3H3. The molecule has 3 rings (SSSR count). The summed E-state index contributed by atoms with van der Waals surface area (Å²) in [6.45, 7) is 2.24. The first-order valence-corrected chi connectivity index (χ1v) is 9.96. The molecule has 0 amide bonds. The molecule has 3 aromatic rings. The van der Waals surface area contributed by atoms with Crippen molar-refractivity contribution in [3.63, 3.8) is 0 Å². The summed E-state index contributed by atoms with van der Waals surface area (Å²) in [4.78, 5) is 8.47. The number of halogens is 3. The molecule has 0 saturated heterocycles. The lowest BCUT2D eigenvalue weighted by Crippen LogP contribution is -2.11. The van der Waals surface area contributed by atoms with E-state index in [-0.39, 0.29) is 33.3 Å². The second kappa shape index (κ2) is 6.31. The van der Waals surface area contributed by atoms with Gasteiger partial charge in [-0.15, -0.1) is 10.2 Å². The van der Waals surface area contributed by atoms with Crippen LogP contribution in [-0.4, -0.2) is 38.9 Å². The van der Waals surface area contributed by atoms with Gasteiger partial charge >= 0.3 is 0 Å². The molecule has 0 aromatic carbocycles. The van der Waals surface area contributed by atoms with E-state index in [4.69, 9.17) is 0 Å². The third kappa shape index (κ3) is 3.20. The van der Waals surface area contributed by atoms with Gasteiger partial charge in [0.05, 0.1) is 10.6 Å². The Morgan fingerprint density at radius 2 is 1.96 bits per heavy atom. The van der Waals surface area contributed by atoms with Crippen LogP contribution in [0.4, 0.5) is 8.78 Å². The van der Waals surface area contributed by atoms with Crippen LogP contribution in [0.1, 0.15) is 19.5 Å². The average Bonchev–Trinajstić information content (AvgIpc) is 2.90. The van der Waals surface area contributed by atoms with Crippen molar-refractivity contribution in [1.82, 2.24) is 24.7 Å². The molecule has 0 unspecified atom stereocenters. The Labute approximate surface area is 156 Å². The Kier molecular flexibility index (Phi) is 4.55. The summed E-state index contributed by atoms with van der Waals surface area (Å²) < 4.78 is 53.8. The van der Waals surface area contributed by atoms with Crippen molar-refractivity contribution in [2.24, 2.45) is 7.05 Å². The number of aromatic nitrogens is 5. The zero-order chi connectivity index (χ0) is 19.3. The molecule has 0 spiro atoms. The van der Waals surface area contributed by atoms with Gasteiger partial charge in [-0.25, -0.2) is 13.4 Å². The molecule has 0 bridgehead atoms. The summed E-state index contributed by atoms with van der Waals surface area (Å²) in [6, 6.07) is 2.58. The van der Waals surface area contributed by atoms with Crippen LogP contribution in [0.15, 0.2) is 27.7 Å². The van der Waals surface area contributed by atoms with Gasteiger partial charge in [0.2, 0.25) is 0 Å². The zero-order valence-corrected chi connectivity index (χ0v) is 16.4. The van der Waals surface area contributed by atoms with Crippen molar-refractivity contribution in [1.29, 1.82) is 0 Å². The monoisotopic (exact) mass is 445 g/mol. The third-order valence-electron chi connectivity index (χ3n) is 3.81. The van der Waals surface area contributed by atoms with Gasteiger partial charge in [0.15, 0.2) is 21.3 Å². The molecule has 0 aliphatic heterocycles. The van der Waals surface area contributed by atoms with Crippen LogP contribution in [0.5, 0.6) is 0 Å². The number of rotatable bonds is 4. The Bertz CT molecular complexity index is 1110. The Morgan fingerprint density at radius 1 is 1.27 bits per heavy atom. The molecule has 0 saturated carbocycles. The van der Waals surface area contributed by atoms with E-state index >= 15 is 0 Å². The van der Waals surface area contributed by atoms with E-state index in [1.165, 1.54) is 23.8 Å². The topological polar surface area (TPSA) is 90.6 Å². The number of hydrogen-bond acceptors (Lipinski definition) is 6. The Hall–Kier alpha value is -2.01. The molecular formula is C15H14BrF2N5O2S. The highest BCUT2D eigenvalue weighted by atomic mass is 79.9. The number of aryl methyl sites for hydroxylation is 1. The minimum Gasteiger partial charge on any atom is -0.309 e. The molecule has 3 heterocycles. The molecular weight excluding hydrogens is 432 g/mol. The van der Waals surface area contributed by atoms with Crippen LogP contribution >= 0.6 is 15.9 Å². The van der Waals surface area contributed by atoms with Crippen molar-refractivity contribution in [2.75, 3.05) is 5.75 Å². The minimum absolute atomic E-state index is 0.00165. The largest absolute Gasteiger partial charge is 0.309 e. The second-order valence-electron chi connectivity index (χ2n) is 5.72. The summed E-state index contributed by atoms with van der Waals surface area (Å²) in [5.74, 6) is -3.08. The van der Waals surface area contributed by atoms with Crippen LogP contribution in [0, 0.1) is 0 Å². The van der Waals surface area contributed by atoms with Gasteiger partial charge < -0.3 is 4.57 Å². The predicted molar refractivity (Wildman–Crippen MR) is 94.5 cm³/mol. The van der Waals surface area contributed by atoms with Crippen molar-refractivity contribution < 1.29 is 17.2 Å². The van der Waals surface area contributed by atoms with Gasteiger partial charge in [0, 0.05) is 24.6 Å². The van der Waals surface area contributed by atoms with Gasteiger partial charge in [0.25, 0.3) is 5.92 Å². The predicted octanol–water partition coefficient (Wildman–Crippen LogP) is 3.09. The number of alkyl halides is 2. The van der Waals surface area contributed by atoms with E-state index in [0.717, 1.165) is 13.0 Å². The van der Waals surface area contributed by atoms with Crippen LogP contribution < -0.4 is 0 Å². The van der Waals surface area contributed by atoms with Crippen LogP contribution in [0.3, 0.4) is 0 Å². The van der Waals surface area contributed by atoms with Gasteiger partial charge in [-0.1, -0.05) is 6.92 Å². The van der Waals surface area contributed by atoms with Crippen molar-refractivity contribution in [3.8, 4) is 11.5 Å². The van der Waals surface area contributed by atoms with Gasteiger partial charge in [-0.05, 0) is 28.1 Å².